The Hall–Kier alpha value is -3.35. The molecule has 1 aliphatic heterocycles. The van der Waals surface area contributed by atoms with E-state index in [1.54, 1.807) is 24.0 Å². The largest absolute Gasteiger partial charge is 0.465 e. The number of methoxy groups -OCH3 is 1. The SMILES string of the molecule is COC(=O)c1ccc(-c2ccc(-c3coc(N4CCN(CCC5=CC=CCC5)CC4)n3)cc2)cc1Cl. The first-order valence-corrected chi connectivity index (χ1v) is 12.7. The van der Waals surface area contributed by atoms with Crippen LogP contribution in [0.5, 0.6) is 0 Å². The zero-order chi connectivity index (χ0) is 24.9. The molecular formula is C29H30ClN3O3. The number of aromatic nitrogens is 1. The maximum absolute atomic E-state index is 11.8. The smallest absolute Gasteiger partial charge is 0.339 e. The molecule has 0 spiro atoms. The van der Waals surface area contributed by atoms with E-state index in [4.69, 9.17) is 25.7 Å². The Balaban J connectivity index is 1.18. The Bertz CT molecular complexity index is 1270. The lowest BCUT2D eigenvalue weighted by Gasteiger charge is -2.34. The molecular weight excluding hydrogens is 474 g/mol. The summed E-state index contributed by atoms with van der Waals surface area (Å²) in [6.07, 6.45) is 12.0. The Kier molecular flexibility index (Phi) is 7.54. The Morgan fingerprint density at radius 2 is 1.81 bits per heavy atom. The number of esters is 1. The molecule has 0 bridgehead atoms. The van der Waals surface area contributed by atoms with Crippen molar-refractivity contribution in [3.8, 4) is 22.4 Å². The van der Waals surface area contributed by atoms with Gasteiger partial charge in [-0.25, -0.2) is 4.79 Å². The minimum Gasteiger partial charge on any atom is -0.465 e. The molecule has 2 aliphatic rings. The van der Waals surface area contributed by atoms with Crippen molar-refractivity contribution in [1.29, 1.82) is 0 Å². The first-order valence-electron chi connectivity index (χ1n) is 12.4. The number of allylic oxidation sites excluding steroid dienone is 3. The first kappa shape index (κ1) is 24.3. The van der Waals surface area contributed by atoms with Gasteiger partial charge in [-0.05, 0) is 42.5 Å². The molecule has 2 aromatic carbocycles. The second-order valence-electron chi connectivity index (χ2n) is 9.15. The molecule has 0 radical (unpaired) electrons. The third kappa shape index (κ3) is 5.55. The van der Waals surface area contributed by atoms with Gasteiger partial charge in [0, 0.05) is 38.3 Å². The molecule has 3 aromatic rings. The monoisotopic (exact) mass is 503 g/mol. The summed E-state index contributed by atoms with van der Waals surface area (Å²) >= 11 is 6.28. The fraction of sp³-hybridized carbons (Fsp3) is 0.310. The highest BCUT2D eigenvalue weighted by atomic mass is 35.5. The lowest BCUT2D eigenvalue weighted by Crippen LogP contribution is -2.46. The highest BCUT2D eigenvalue weighted by Crippen LogP contribution is 2.29. The number of hydrogen-bond acceptors (Lipinski definition) is 6. The number of oxazole rings is 1. The molecule has 5 rings (SSSR count). The van der Waals surface area contributed by atoms with Crippen LogP contribution in [0.1, 0.15) is 29.6 Å². The second-order valence-corrected chi connectivity index (χ2v) is 9.56. The van der Waals surface area contributed by atoms with Crippen LogP contribution in [0, 0.1) is 0 Å². The van der Waals surface area contributed by atoms with Gasteiger partial charge in [0.1, 0.15) is 12.0 Å². The Morgan fingerprint density at radius 1 is 1.06 bits per heavy atom. The zero-order valence-corrected chi connectivity index (χ0v) is 21.2. The van der Waals surface area contributed by atoms with E-state index in [9.17, 15) is 4.79 Å². The van der Waals surface area contributed by atoms with Gasteiger partial charge < -0.3 is 14.1 Å². The van der Waals surface area contributed by atoms with Gasteiger partial charge in [0.15, 0.2) is 0 Å². The maximum atomic E-state index is 11.8. The van der Waals surface area contributed by atoms with Crippen LogP contribution >= 0.6 is 11.6 Å². The number of ether oxygens (including phenoxy) is 1. The fourth-order valence-electron chi connectivity index (χ4n) is 4.67. The summed E-state index contributed by atoms with van der Waals surface area (Å²) in [5.74, 6) is -0.445. The number of carbonyl (C=O) groups is 1. The molecule has 0 atom stereocenters. The van der Waals surface area contributed by atoms with Gasteiger partial charge in [-0.2, -0.15) is 4.98 Å². The molecule has 1 aliphatic carbocycles. The topological polar surface area (TPSA) is 58.8 Å². The molecule has 2 heterocycles. The van der Waals surface area contributed by atoms with Gasteiger partial charge >= 0.3 is 5.97 Å². The standard InChI is InChI=1S/C29H30ClN3O3/c1-35-28(34)25-12-11-24(19-26(25)30)22-7-9-23(10-8-22)27-20-36-29(31-27)33-17-15-32(16-18-33)14-13-21-5-3-2-4-6-21/h2-3,5,7-12,19-20H,4,6,13-18H2,1H3. The van der Waals surface area contributed by atoms with Crippen LogP contribution < -0.4 is 4.90 Å². The minimum absolute atomic E-state index is 0.356. The number of anilines is 1. The maximum Gasteiger partial charge on any atom is 0.339 e. The van der Waals surface area contributed by atoms with E-state index in [0.717, 1.165) is 61.5 Å². The number of piperazine rings is 1. The predicted molar refractivity (Wildman–Crippen MR) is 143 cm³/mol. The van der Waals surface area contributed by atoms with E-state index < -0.39 is 5.97 Å². The molecule has 36 heavy (non-hydrogen) atoms. The van der Waals surface area contributed by atoms with E-state index in [2.05, 4.69) is 28.0 Å². The van der Waals surface area contributed by atoms with E-state index in [1.165, 1.54) is 20.0 Å². The Morgan fingerprint density at radius 3 is 2.50 bits per heavy atom. The lowest BCUT2D eigenvalue weighted by molar-refractivity contribution is 0.0601. The van der Waals surface area contributed by atoms with Crippen LogP contribution in [0.4, 0.5) is 6.01 Å². The van der Waals surface area contributed by atoms with Crippen molar-refractivity contribution in [1.82, 2.24) is 9.88 Å². The van der Waals surface area contributed by atoms with Crippen LogP contribution in [-0.2, 0) is 4.74 Å². The third-order valence-corrected chi connectivity index (χ3v) is 7.19. The quantitative estimate of drug-likeness (QED) is 0.356. The van der Waals surface area contributed by atoms with Crippen molar-refractivity contribution >= 4 is 23.6 Å². The molecule has 1 aromatic heterocycles. The number of nitrogens with zero attached hydrogens (tertiary/aromatic N) is 3. The Labute approximate surface area is 216 Å². The summed E-state index contributed by atoms with van der Waals surface area (Å²) in [5, 5.41) is 0.368. The van der Waals surface area contributed by atoms with Crippen LogP contribution in [0.3, 0.4) is 0 Å². The zero-order valence-electron chi connectivity index (χ0n) is 20.5. The van der Waals surface area contributed by atoms with Gasteiger partial charge in [-0.3, -0.25) is 4.90 Å². The number of benzene rings is 2. The van der Waals surface area contributed by atoms with Crippen LogP contribution in [-0.4, -0.2) is 55.7 Å². The van der Waals surface area contributed by atoms with E-state index in [-0.39, 0.29) is 0 Å². The second kappa shape index (κ2) is 11.1. The van der Waals surface area contributed by atoms with Gasteiger partial charge in [0.25, 0.3) is 6.01 Å². The van der Waals surface area contributed by atoms with Gasteiger partial charge in [0.2, 0.25) is 0 Å². The third-order valence-electron chi connectivity index (χ3n) is 6.87. The van der Waals surface area contributed by atoms with Gasteiger partial charge in [-0.1, -0.05) is 65.7 Å². The number of carbonyl (C=O) groups excluding carboxylic acids is 1. The summed E-state index contributed by atoms with van der Waals surface area (Å²) in [6.45, 7) is 4.99. The van der Waals surface area contributed by atoms with Crippen molar-refractivity contribution in [3.63, 3.8) is 0 Å². The van der Waals surface area contributed by atoms with Gasteiger partial charge in [0.05, 0.1) is 17.7 Å². The molecule has 0 unspecified atom stereocenters. The average molecular weight is 504 g/mol. The lowest BCUT2D eigenvalue weighted by atomic mass is 10.0. The molecule has 186 valence electrons. The summed E-state index contributed by atoms with van der Waals surface area (Å²) in [6, 6.07) is 14.1. The first-order chi connectivity index (χ1) is 17.6. The normalized spacial score (nSPS) is 16.2. The molecule has 0 saturated carbocycles. The molecule has 1 fully saturated rings. The van der Waals surface area contributed by atoms with Crippen LogP contribution in [0.15, 0.2) is 76.9 Å². The summed E-state index contributed by atoms with van der Waals surface area (Å²) in [5.41, 5.74) is 5.64. The highest BCUT2D eigenvalue weighted by molar-refractivity contribution is 6.33. The molecule has 6 nitrogen and oxygen atoms in total. The molecule has 0 N–H and O–H groups in total. The van der Waals surface area contributed by atoms with E-state index in [1.807, 2.05) is 30.3 Å². The number of halogens is 1. The average Bonchev–Trinajstić information content (AvgIpc) is 3.43. The van der Waals surface area contributed by atoms with Crippen LogP contribution in [0.25, 0.3) is 22.4 Å². The van der Waals surface area contributed by atoms with Crippen molar-refractivity contribution < 1.29 is 13.9 Å². The van der Waals surface area contributed by atoms with Crippen molar-refractivity contribution in [2.75, 3.05) is 44.7 Å². The highest BCUT2D eigenvalue weighted by Gasteiger charge is 2.21. The van der Waals surface area contributed by atoms with E-state index in [0.29, 0.717) is 16.6 Å². The van der Waals surface area contributed by atoms with Crippen molar-refractivity contribution in [3.05, 3.63) is 83.1 Å². The summed E-state index contributed by atoms with van der Waals surface area (Å²) < 4.78 is 10.6. The molecule has 0 amide bonds. The van der Waals surface area contributed by atoms with Crippen molar-refractivity contribution in [2.24, 2.45) is 0 Å². The summed E-state index contributed by atoms with van der Waals surface area (Å²) in [7, 11) is 1.34. The van der Waals surface area contributed by atoms with Crippen molar-refractivity contribution in [2.45, 2.75) is 19.3 Å². The summed E-state index contributed by atoms with van der Waals surface area (Å²) in [4.78, 5) is 21.3. The number of rotatable bonds is 7. The number of hydrogen-bond donors (Lipinski definition) is 0. The molecule has 7 heteroatoms. The predicted octanol–water partition coefficient (Wildman–Crippen LogP) is 6.24. The molecule has 1 saturated heterocycles. The van der Waals surface area contributed by atoms with E-state index >= 15 is 0 Å². The minimum atomic E-state index is -0.445. The van der Waals surface area contributed by atoms with Crippen LogP contribution in [0.2, 0.25) is 5.02 Å². The van der Waals surface area contributed by atoms with Gasteiger partial charge in [-0.15, -0.1) is 0 Å². The fourth-order valence-corrected chi connectivity index (χ4v) is 4.93.